The minimum atomic E-state index is -0.559. The predicted molar refractivity (Wildman–Crippen MR) is 79.6 cm³/mol. The molecule has 21 heavy (non-hydrogen) atoms. The second kappa shape index (κ2) is 7.08. The fourth-order valence-corrected chi connectivity index (χ4v) is 2.37. The normalized spacial score (nSPS) is 18.3. The summed E-state index contributed by atoms with van der Waals surface area (Å²) >= 11 is 0. The summed E-state index contributed by atoms with van der Waals surface area (Å²) in [6, 6.07) is 6.71. The summed E-state index contributed by atoms with van der Waals surface area (Å²) in [5, 5.41) is 2.74. The number of amides is 2. The van der Waals surface area contributed by atoms with E-state index < -0.39 is 6.04 Å². The van der Waals surface area contributed by atoms with Gasteiger partial charge in [0.1, 0.15) is 6.04 Å². The highest BCUT2D eigenvalue weighted by Gasteiger charge is 2.32. The fraction of sp³-hybridized carbons (Fsp3) is 0.467. The number of hydrogen-bond donors (Lipinski definition) is 2. The Morgan fingerprint density at radius 3 is 2.90 bits per heavy atom. The lowest BCUT2D eigenvalue weighted by atomic mass is 10.1. The molecule has 3 N–H and O–H groups in total. The molecule has 0 bridgehead atoms. The lowest BCUT2D eigenvalue weighted by Gasteiger charge is -2.34. The van der Waals surface area contributed by atoms with Crippen LogP contribution in [-0.2, 0) is 20.7 Å². The van der Waals surface area contributed by atoms with E-state index in [-0.39, 0.29) is 24.8 Å². The summed E-state index contributed by atoms with van der Waals surface area (Å²) in [6.45, 7) is 3.49. The number of rotatable bonds is 4. The molecule has 2 amide bonds. The zero-order valence-electron chi connectivity index (χ0n) is 12.2. The number of nitrogens with one attached hydrogen (secondary N) is 1. The summed E-state index contributed by atoms with van der Waals surface area (Å²) in [5.74, 6) is -0.279. The zero-order valence-corrected chi connectivity index (χ0v) is 12.2. The van der Waals surface area contributed by atoms with Gasteiger partial charge in [0.15, 0.2) is 0 Å². The molecule has 1 heterocycles. The fourth-order valence-electron chi connectivity index (χ4n) is 2.37. The van der Waals surface area contributed by atoms with Crippen LogP contribution in [0.25, 0.3) is 0 Å². The molecule has 0 aliphatic carbocycles. The molecule has 1 saturated heterocycles. The Kier molecular flexibility index (Phi) is 5.16. The van der Waals surface area contributed by atoms with Crippen molar-refractivity contribution < 1.29 is 14.3 Å². The molecule has 114 valence electrons. The van der Waals surface area contributed by atoms with Crippen molar-refractivity contribution in [3.8, 4) is 0 Å². The molecular weight excluding hydrogens is 270 g/mol. The number of carbonyl (C=O) groups excluding carboxylic acids is 2. The Hall–Kier alpha value is -2.08. The number of nitrogen functional groups attached to an aromatic ring is 1. The van der Waals surface area contributed by atoms with Crippen molar-refractivity contribution in [1.29, 1.82) is 0 Å². The van der Waals surface area contributed by atoms with Crippen LogP contribution in [-0.4, -0.2) is 49.1 Å². The van der Waals surface area contributed by atoms with Gasteiger partial charge in [0.05, 0.1) is 19.6 Å². The Bertz CT molecular complexity index is 519. The molecule has 0 aromatic heterocycles. The van der Waals surface area contributed by atoms with Crippen LogP contribution in [0.2, 0.25) is 0 Å². The van der Waals surface area contributed by atoms with Gasteiger partial charge >= 0.3 is 0 Å². The van der Waals surface area contributed by atoms with E-state index in [4.69, 9.17) is 10.5 Å². The molecule has 1 aromatic carbocycles. The maximum Gasteiger partial charge on any atom is 0.245 e. The van der Waals surface area contributed by atoms with Gasteiger partial charge in [-0.05, 0) is 18.6 Å². The minimum absolute atomic E-state index is 0.104. The first-order valence-electron chi connectivity index (χ1n) is 7.11. The van der Waals surface area contributed by atoms with Crippen molar-refractivity contribution in [3.63, 3.8) is 0 Å². The number of ether oxygens (including phenoxy) is 1. The van der Waals surface area contributed by atoms with Crippen molar-refractivity contribution in [1.82, 2.24) is 10.2 Å². The standard InChI is InChI=1S/C15H21N3O3/c1-2-17-15(20)13-10-21-8-7-18(13)14(19)9-11-5-3-4-6-12(11)16/h3-6,13H,2,7-10,16H2,1H3,(H,17,20). The highest BCUT2D eigenvalue weighted by molar-refractivity contribution is 5.89. The van der Waals surface area contributed by atoms with Crippen LogP contribution in [0.5, 0.6) is 0 Å². The zero-order chi connectivity index (χ0) is 15.2. The molecule has 1 aliphatic heterocycles. The Labute approximate surface area is 124 Å². The monoisotopic (exact) mass is 291 g/mol. The van der Waals surface area contributed by atoms with Crippen LogP contribution >= 0.6 is 0 Å². The Morgan fingerprint density at radius 2 is 2.19 bits per heavy atom. The number of anilines is 1. The van der Waals surface area contributed by atoms with Crippen molar-refractivity contribution in [2.45, 2.75) is 19.4 Å². The topological polar surface area (TPSA) is 84.7 Å². The predicted octanol–water partition coefficient (Wildman–Crippen LogP) is 0.175. The van der Waals surface area contributed by atoms with Gasteiger partial charge in [-0.3, -0.25) is 9.59 Å². The lowest BCUT2D eigenvalue weighted by Crippen LogP contribution is -2.56. The van der Waals surface area contributed by atoms with Crippen LogP contribution in [0.3, 0.4) is 0 Å². The molecule has 0 spiro atoms. The van der Waals surface area contributed by atoms with Gasteiger partial charge in [0.25, 0.3) is 0 Å². The van der Waals surface area contributed by atoms with E-state index >= 15 is 0 Å². The van der Waals surface area contributed by atoms with E-state index in [9.17, 15) is 9.59 Å². The highest BCUT2D eigenvalue weighted by atomic mass is 16.5. The van der Waals surface area contributed by atoms with Gasteiger partial charge in [-0.15, -0.1) is 0 Å². The number of hydrogen-bond acceptors (Lipinski definition) is 4. The van der Waals surface area contributed by atoms with E-state index in [1.54, 1.807) is 11.0 Å². The number of nitrogens with zero attached hydrogens (tertiary/aromatic N) is 1. The summed E-state index contributed by atoms with van der Waals surface area (Å²) in [5.41, 5.74) is 7.24. The van der Waals surface area contributed by atoms with E-state index in [0.29, 0.717) is 25.4 Å². The summed E-state index contributed by atoms with van der Waals surface area (Å²) in [6.07, 6.45) is 0.197. The maximum absolute atomic E-state index is 12.5. The quantitative estimate of drug-likeness (QED) is 0.775. The molecule has 1 aromatic rings. The molecule has 0 saturated carbocycles. The Balaban J connectivity index is 2.08. The van der Waals surface area contributed by atoms with Crippen LogP contribution in [0.1, 0.15) is 12.5 Å². The van der Waals surface area contributed by atoms with Gasteiger partial charge in [0, 0.05) is 18.8 Å². The first kappa shape index (κ1) is 15.3. The highest BCUT2D eigenvalue weighted by Crippen LogP contribution is 2.15. The smallest absolute Gasteiger partial charge is 0.245 e. The molecule has 6 heteroatoms. The summed E-state index contributed by atoms with van der Waals surface area (Å²) in [7, 11) is 0. The van der Waals surface area contributed by atoms with Crippen molar-refractivity contribution in [2.75, 3.05) is 32.0 Å². The van der Waals surface area contributed by atoms with Gasteiger partial charge in [-0.2, -0.15) is 0 Å². The minimum Gasteiger partial charge on any atom is -0.398 e. The van der Waals surface area contributed by atoms with Crippen LogP contribution in [0.4, 0.5) is 5.69 Å². The number of morpholine rings is 1. The SMILES string of the molecule is CCNC(=O)C1COCCN1C(=O)Cc1ccccc1N. The van der Waals surface area contributed by atoms with Gasteiger partial charge < -0.3 is 20.7 Å². The largest absolute Gasteiger partial charge is 0.398 e. The number of carbonyl (C=O) groups is 2. The van der Waals surface area contributed by atoms with Gasteiger partial charge in [-0.1, -0.05) is 18.2 Å². The second-order valence-corrected chi connectivity index (χ2v) is 4.95. The van der Waals surface area contributed by atoms with E-state index in [0.717, 1.165) is 5.56 Å². The second-order valence-electron chi connectivity index (χ2n) is 4.95. The van der Waals surface area contributed by atoms with Crippen LogP contribution in [0.15, 0.2) is 24.3 Å². The molecule has 0 radical (unpaired) electrons. The molecule has 6 nitrogen and oxygen atoms in total. The molecule has 1 atom stereocenters. The van der Waals surface area contributed by atoms with E-state index in [1.165, 1.54) is 0 Å². The average molecular weight is 291 g/mol. The molecule has 1 aliphatic rings. The number of para-hydroxylation sites is 1. The number of benzene rings is 1. The van der Waals surface area contributed by atoms with E-state index in [2.05, 4.69) is 5.32 Å². The first-order valence-corrected chi connectivity index (χ1v) is 7.11. The lowest BCUT2D eigenvalue weighted by molar-refractivity contribution is -0.147. The third-order valence-corrected chi connectivity index (χ3v) is 3.50. The van der Waals surface area contributed by atoms with Gasteiger partial charge in [-0.25, -0.2) is 0 Å². The number of nitrogens with two attached hydrogens (primary N) is 1. The van der Waals surface area contributed by atoms with Crippen LogP contribution < -0.4 is 11.1 Å². The van der Waals surface area contributed by atoms with Crippen molar-refractivity contribution in [2.24, 2.45) is 0 Å². The summed E-state index contributed by atoms with van der Waals surface area (Å²) < 4.78 is 5.32. The van der Waals surface area contributed by atoms with E-state index in [1.807, 2.05) is 25.1 Å². The number of likely N-dealkylation sites (N-methyl/N-ethyl adjacent to an activating group) is 1. The summed E-state index contributed by atoms with van der Waals surface area (Å²) in [4.78, 5) is 26.1. The van der Waals surface area contributed by atoms with Gasteiger partial charge in [0.2, 0.25) is 11.8 Å². The first-order chi connectivity index (χ1) is 10.1. The molecule has 1 fully saturated rings. The molecular formula is C15H21N3O3. The average Bonchev–Trinajstić information content (AvgIpc) is 2.50. The van der Waals surface area contributed by atoms with Crippen LogP contribution in [0, 0.1) is 0 Å². The third-order valence-electron chi connectivity index (χ3n) is 3.50. The maximum atomic E-state index is 12.5. The molecule has 2 rings (SSSR count). The molecule has 1 unspecified atom stereocenters. The third kappa shape index (κ3) is 3.72. The Morgan fingerprint density at radius 1 is 1.43 bits per heavy atom. The van der Waals surface area contributed by atoms with Crippen molar-refractivity contribution in [3.05, 3.63) is 29.8 Å². The van der Waals surface area contributed by atoms with Crippen molar-refractivity contribution >= 4 is 17.5 Å².